The Kier molecular flexibility index (Phi) is 9.29. The zero-order valence-corrected chi connectivity index (χ0v) is 26.0. The van der Waals surface area contributed by atoms with E-state index in [-0.39, 0.29) is 11.9 Å². The number of amides is 2. The van der Waals surface area contributed by atoms with Gasteiger partial charge in [0.1, 0.15) is 17.0 Å². The molecule has 2 aromatic carbocycles. The maximum atomic E-state index is 13.4. The van der Waals surface area contributed by atoms with Crippen molar-refractivity contribution in [3.8, 4) is 22.6 Å². The number of alkyl carbamates (subject to hydrolysis) is 1. The van der Waals surface area contributed by atoms with Gasteiger partial charge < -0.3 is 24.7 Å². The van der Waals surface area contributed by atoms with E-state index in [4.69, 9.17) is 9.47 Å². The van der Waals surface area contributed by atoms with Crippen molar-refractivity contribution in [2.75, 3.05) is 25.5 Å². The molecule has 0 saturated carbocycles. The first kappa shape index (κ1) is 30.7. The summed E-state index contributed by atoms with van der Waals surface area (Å²) in [6, 6.07) is 17.4. The molecule has 2 N–H and O–H groups in total. The second kappa shape index (κ2) is 13.3. The molecule has 0 spiro atoms. The number of imidazole rings is 1. The summed E-state index contributed by atoms with van der Waals surface area (Å²) in [6.07, 6.45) is 6.82. The van der Waals surface area contributed by atoms with Crippen LogP contribution in [0.2, 0.25) is 0 Å². The minimum absolute atomic E-state index is 0.00121. The summed E-state index contributed by atoms with van der Waals surface area (Å²) in [5, 5.41) is 6.08. The molecular weight excluding hydrogens is 556 g/mol. The standard InChI is InChI=1S/C34H40N6O4/c1-23-19-40(22-36-23)29-16-24(20-39-14-6-7-27(21-39)38-33(42)44-34(2,3)4)15-28(18-29)37-32(41)31-17-26(12-13-35-31)25-8-10-30(43-5)11-9-25/h8-13,15-19,22,27H,6-7,14,20-21H2,1-5H3,(H,37,41)(H,38,42)/t27-/m0/s1. The fourth-order valence-electron chi connectivity index (χ4n) is 5.31. The molecule has 2 amide bonds. The number of likely N-dealkylation sites (tertiary alicyclic amines) is 1. The second-order valence-corrected chi connectivity index (χ2v) is 12.1. The number of hydrogen-bond donors (Lipinski definition) is 2. The zero-order chi connectivity index (χ0) is 31.3. The van der Waals surface area contributed by atoms with Gasteiger partial charge in [-0.05, 0) is 106 Å². The van der Waals surface area contributed by atoms with E-state index in [1.807, 2.05) is 80.9 Å². The van der Waals surface area contributed by atoms with Gasteiger partial charge in [0.05, 0.1) is 19.1 Å². The van der Waals surface area contributed by atoms with Gasteiger partial charge in [0.25, 0.3) is 5.91 Å². The molecule has 2 aromatic heterocycles. The highest BCUT2D eigenvalue weighted by atomic mass is 16.6. The number of anilines is 1. The molecule has 10 nitrogen and oxygen atoms in total. The predicted octanol–water partition coefficient (Wildman–Crippen LogP) is 5.99. The molecule has 1 atom stereocenters. The Labute approximate surface area is 258 Å². The number of aryl methyl sites for hydroxylation is 1. The number of hydrogen-bond acceptors (Lipinski definition) is 7. The van der Waals surface area contributed by atoms with Crippen LogP contribution in [0.25, 0.3) is 16.8 Å². The van der Waals surface area contributed by atoms with Crippen molar-refractivity contribution in [3.63, 3.8) is 0 Å². The number of carbonyl (C=O) groups is 2. The van der Waals surface area contributed by atoms with E-state index >= 15 is 0 Å². The van der Waals surface area contributed by atoms with Gasteiger partial charge in [0, 0.05) is 42.9 Å². The summed E-state index contributed by atoms with van der Waals surface area (Å²) in [5.41, 5.74) is 5.09. The van der Waals surface area contributed by atoms with E-state index in [2.05, 4.69) is 31.6 Å². The first-order valence-electron chi connectivity index (χ1n) is 14.8. The van der Waals surface area contributed by atoms with Gasteiger partial charge in [-0.25, -0.2) is 9.78 Å². The summed E-state index contributed by atoms with van der Waals surface area (Å²) in [7, 11) is 1.63. The van der Waals surface area contributed by atoms with Gasteiger partial charge in [-0.1, -0.05) is 12.1 Å². The van der Waals surface area contributed by atoms with E-state index in [0.717, 1.165) is 53.2 Å². The average molecular weight is 597 g/mol. The molecule has 5 rings (SSSR count). The third kappa shape index (κ3) is 8.23. The van der Waals surface area contributed by atoms with E-state index in [0.29, 0.717) is 24.5 Å². The van der Waals surface area contributed by atoms with Crippen LogP contribution in [0.5, 0.6) is 5.75 Å². The highest BCUT2D eigenvalue weighted by Gasteiger charge is 2.24. The number of nitrogens with one attached hydrogen (secondary N) is 2. The topological polar surface area (TPSA) is 111 Å². The molecule has 0 aliphatic carbocycles. The Morgan fingerprint density at radius 1 is 1.02 bits per heavy atom. The first-order chi connectivity index (χ1) is 21.0. The van der Waals surface area contributed by atoms with E-state index in [1.54, 1.807) is 25.7 Å². The lowest BCUT2D eigenvalue weighted by atomic mass is 10.0. The third-order valence-electron chi connectivity index (χ3n) is 7.29. The largest absolute Gasteiger partial charge is 0.497 e. The van der Waals surface area contributed by atoms with E-state index in [1.165, 1.54) is 0 Å². The average Bonchev–Trinajstić information content (AvgIpc) is 3.42. The molecule has 0 bridgehead atoms. The molecule has 1 aliphatic heterocycles. The van der Waals surface area contributed by atoms with Crippen molar-refractivity contribution in [1.82, 2.24) is 24.8 Å². The first-order valence-corrected chi connectivity index (χ1v) is 14.8. The van der Waals surface area contributed by atoms with Gasteiger partial charge in [-0.2, -0.15) is 0 Å². The smallest absolute Gasteiger partial charge is 0.407 e. The van der Waals surface area contributed by atoms with Gasteiger partial charge >= 0.3 is 6.09 Å². The minimum atomic E-state index is -0.544. The highest BCUT2D eigenvalue weighted by Crippen LogP contribution is 2.25. The molecule has 44 heavy (non-hydrogen) atoms. The molecular formula is C34H40N6O4. The number of benzene rings is 2. The zero-order valence-electron chi connectivity index (χ0n) is 26.0. The van der Waals surface area contributed by atoms with Crippen molar-refractivity contribution >= 4 is 17.7 Å². The van der Waals surface area contributed by atoms with Crippen LogP contribution in [0.3, 0.4) is 0 Å². The van der Waals surface area contributed by atoms with Crippen LogP contribution >= 0.6 is 0 Å². The lowest BCUT2D eigenvalue weighted by Gasteiger charge is -2.33. The Morgan fingerprint density at radius 3 is 2.52 bits per heavy atom. The van der Waals surface area contributed by atoms with Gasteiger partial charge in [0.15, 0.2) is 0 Å². The number of nitrogens with zero attached hydrogens (tertiary/aromatic N) is 4. The lowest BCUT2D eigenvalue weighted by molar-refractivity contribution is 0.0470. The number of methoxy groups -OCH3 is 1. The van der Waals surface area contributed by atoms with Crippen molar-refractivity contribution in [3.05, 3.63) is 90.3 Å². The lowest BCUT2D eigenvalue weighted by Crippen LogP contribution is -2.48. The highest BCUT2D eigenvalue weighted by molar-refractivity contribution is 6.03. The summed E-state index contributed by atoms with van der Waals surface area (Å²) in [5.74, 6) is 0.466. The maximum absolute atomic E-state index is 13.4. The van der Waals surface area contributed by atoms with Gasteiger partial charge in [-0.3, -0.25) is 14.7 Å². The van der Waals surface area contributed by atoms with Crippen LogP contribution < -0.4 is 15.4 Å². The fourth-order valence-corrected chi connectivity index (χ4v) is 5.31. The minimum Gasteiger partial charge on any atom is -0.497 e. The molecule has 230 valence electrons. The molecule has 1 fully saturated rings. The van der Waals surface area contributed by atoms with Crippen LogP contribution in [0.4, 0.5) is 10.5 Å². The molecule has 1 aliphatic rings. The van der Waals surface area contributed by atoms with Crippen LogP contribution in [0.15, 0.2) is 73.3 Å². The summed E-state index contributed by atoms with van der Waals surface area (Å²) >= 11 is 0. The van der Waals surface area contributed by atoms with Gasteiger partial charge in [0.2, 0.25) is 0 Å². The maximum Gasteiger partial charge on any atom is 0.407 e. The van der Waals surface area contributed by atoms with Crippen molar-refractivity contribution < 1.29 is 19.1 Å². The number of rotatable bonds is 8. The Balaban J connectivity index is 1.34. The SMILES string of the molecule is COc1ccc(-c2ccnc(C(=O)Nc3cc(CN4CCC[C@H](NC(=O)OC(C)(C)C)C4)cc(-n4cnc(C)c4)c3)c2)cc1. The summed E-state index contributed by atoms with van der Waals surface area (Å²) in [4.78, 5) is 36.8. The molecule has 10 heteroatoms. The Morgan fingerprint density at radius 2 is 1.82 bits per heavy atom. The molecule has 0 radical (unpaired) electrons. The van der Waals surface area contributed by atoms with Crippen molar-refractivity contribution in [2.24, 2.45) is 0 Å². The second-order valence-electron chi connectivity index (χ2n) is 12.1. The summed E-state index contributed by atoms with van der Waals surface area (Å²) < 4.78 is 12.7. The number of piperidine rings is 1. The molecule has 0 unspecified atom stereocenters. The molecule has 3 heterocycles. The van der Waals surface area contributed by atoms with Crippen molar-refractivity contribution in [2.45, 2.75) is 58.7 Å². The van der Waals surface area contributed by atoms with Gasteiger partial charge in [-0.15, -0.1) is 0 Å². The Hall–Kier alpha value is -4.70. The molecule has 1 saturated heterocycles. The van der Waals surface area contributed by atoms with Crippen LogP contribution in [-0.4, -0.2) is 63.3 Å². The number of pyridine rings is 1. The molecule has 4 aromatic rings. The number of carbonyl (C=O) groups excluding carboxylic acids is 2. The van der Waals surface area contributed by atoms with Crippen molar-refractivity contribution in [1.29, 1.82) is 0 Å². The van der Waals surface area contributed by atoms with Crippen LogP contribution in [-0.2, 0) is 11.3 Å². The predicted molar refractivity (Wildman–Crippen MR) is 170 cm³/mol. The van der Waals surface area contributed by atoms with E-state index in [9.17, 15) is 9.59 Å². The summed E-state index contributed by atoms with van der Waals surface area (Å²) in [6.45, 7) is 9.79. The number of aromatic nitrogens is 3. The van der Waals surface area contributed by atoms with E-state index < -0.39 is 11.7 Å². The normalized spacial score (nSPS) is 15.4. The van der Waals surface area contributed by atoms with Crippen LogP contribution in [0, 0.1) is 6.92 Å². The number of ether oxygens (including phenoxy) is 2. The van der Waals surface area contributed by atoms with Crippen LogP contribution in [0.1, 0.15) is 55.4 Å². The monoisotopic (exact) mass is 596 g/mol. The Bertz CT molecular complexity index is 1610. The fraction of sp³-hybridized carbons (Fsp3) is 0.353. The third-order valence-corrected chi connectivity index (χ3v) is 7.29. The quantitative estimate of drug-likeness (QED) is 0.257.